The summed E-state index contributed by atoms with van der Waals surface area (Å²) in [6, 6.07) is 0. The van der Waals surface area contributed by atoms with Crippen molar-refractivity contribution in [3.05, 3.63) is 0 Å². The Balaban J connectivity index is 1.97. The van der Waals surface area contributed by atoms with Crippen molar-refractivity contribution < 1.29 is 0 Å². The van der Waals surface area contributed by atoms with E-state index in [1.807, 2.05) is 0 Å². The monoisotopic (exact) mass is 238 g/mol. The predicted octanol–water partition coefficient (Wildman–Crippen LogP) is 2.84. The van der Waals surface area contributed by atoms with Gasteiger partial charge in [0.05, 0.1) is 0 Å². The summed E-state index contributed by atoms with van der Waals surface area (Å²) in [4.78, 5) is 0. The fourth-order valence-corrected chi connectivity index (χ4v) is 9.84. The molecule has 0 aliphatic carbocycles. The van der Waals surface area contributed by atoms with Gasteiger partial charge in [0.1, 0.15) is 0 Å². The van der Waals surface area contributed by atoms with Crippen molar-refractivity contribution in [3.63, 3.8) is 0 Å². The summed E-state index contributed by atoms with van der Waals surface area (Å²) in [6.45, 7) is 0. The summed E-state index contributed by atoms with van der Waals surface area (Å²) < 4.78 is 4.76. The van der Waals surface area contributed by atoms with E-state index in [4.69, 9.17) is 0 Å². The molecular formula is C8H15I. The molecule has 0 N–H and O–H groups in total. The molecule has 2 fully saturated rings. The van der Waals surface area contributed by atoms with Crippen molar-refractivity contribution in [3.8, 4) is 0 Å². The molecule has 2 aliphatic heterocycles. The SMILES string of the molecule is C1CCI2CCCC2C1. The molecule has 0 nitrogen and oxygen atoms in total. The van der Waals surface area contributed by atoms with Gasteiger partial charge in [-0.1, -0.05) is 0 Å². The van der Waals surface area contributed by atoms with E-state index in [1.54, 1.807) is 41.0 Å². The Hall–Kier alpha value is 0.730. The first-order valence-corrected chi connectivity index (χ1v) is 8.37. The van der Waals surface area contributed by atoms with Crippen LogP contribution in [0.4, 0.5) is 0 Å². The van der Waals surface area contributed by atoms with E-state index in [9.17, 15) is 0 Å². The van der Waals surface area contributed by atoms with Crippen LogP contribution < -0.4 is 0 Å². The van der Waals surface area contributed by atoms with E-state index < -0.39 is 0 Å². The average molecular weight is 238 g/mol. The molecule has 0 radical (unpaired) electrons. The Morgan fingerprint density at radius 3 is 2.56 bits per heavy atom. The zero-order valence-electron chi connectivity index (χ0n) is 5.91. The zero-order valence-corrected chi connectivity index (χ0v) is 8.06. The molecule has 0 aromatic rings. The van der Waals surface area contributed by atoms with Crippen LogP contribution in [0.2, 0.25) is 0 Å². The molecule has 9 heavy (non-hydrogen) atoms. The van der Waals surface area contributed by atoms with E-state index in [0.717, 1.165) is 0 Å². The molecule has 2 aliphatic rings. The second kappa shape index (κ2) is 2.77. The molecule has 2 heterocycles. The van der Waals surface area contributed by atoms with Gasteiger partial charge in [0, 0.05) is 0 Å². The summed E-state index contributed by atoms with van der Waals surface area (Å²) in [5.41, 5.74) is 0. The summed E-state index contributed by atoms with van der Waals surface area (Å²) in [6.07, 6.45) is 8.03. The molecule has 1 heteroatoms. The van der Waals surface area contributed by atoms with Crippen molar-refractivity contribution in [1.82, 2.24) is 0 Å². The van der Waals surface area contributed by atoms with E-state index >= 15 is 0 Å². The predicted molar refractivity (Wildman–Crippen MR) is 50.6 cm³/mol. The van der Waals surface area contributed by atoms with Crippen molar-refractivity contribution in [1.29, 1.82) is 0 Å². The maximum atomic E-state index is 1.72. The first-order chi connectivity index (χ1) is 4.47. The van der Waals surface area contributed by atoms with Crippen LogP contribution in [-0.2, 0) is 0 Å². The quantitative estimate of drug-likeness (QED) is 0.449. The summed E-state index contributed by atoms with van der Waals surface area (Å²) >= 11 is -0.249. The molecule has 0 saturated carbocycles. The van der Waals surface area contributed by atoms with Gasteiger partial charge in [-0.05, 0) is 0 Å². The van der Waals surface area contributed by atoms with E-state index in [0.29, 0.717) is 0 Å². The van der Waals surface area contributed by atoms with Crippen molar-refractivity contribution in [2.75, 3.05) is 8.86 Å². The van der Waals surface area contributed by atoms with Crippen molar-refractivity contribution in [2.45, 2.75) is 36.0 Å². The number of rotatable bonds is 0. The van der Waals surface area contributed by atoms with Crippen molar-refractivity contribution in [2.24, 2.45) is 0 Å². The molecule has 0 bridgehead atoms. The van der Waals surface area contributed by atoms with E-state index in [1.165, 1.54) is 3.92 Å². The molecular weight excluding hydrogens is 223 g/mol. The Bertz CT molecular complexity index is 88.7. The number of fused-ring (bicyclic) bond motifs is 1. The van der Waals surface area contributed by atoms with Gasteiger partial charge in [-0.15, -0.1) is 0 Å². The van der Waals surface area contributed by atoms with Crippen LogP contribution in [0.3, 0.4) is 0 Å². The fourth-order valence-electron chi connectivity index (χ4n) is 1.96. The van der Waals surface area contributed by atoms with Crippen molar-refractivity contribution >= 4 is 19.8 Å². The summed E-state index contributed by atoms with van der Waals surface area (Å²) in [7, 11) is 0. The zero-order chi connectivity index (χ0) is 6.10. The molecule has 0 spiro atoms. The number of alkyl halides is 3. The van der Waals surface area contributed by atoms with Crippen LogP contribution in [0, 0.1) is 0 Å². The molecule has 0 amide bonds. The molecule has 2 saturated heterocycles. The minimum absolute atomic E-state index is 0.249. The fraction of sp³-hybridized carbons (Fsp3) is 1.00. The first kappa shape index (κ1) is 6.44. The number of halogens is 1. The topological polar surface area (TPSA) is 0 Å². The second-order valence-electron chi connectivity index (χ2n) is 3.11. The molecule has 1 unspecified atom stereocenters. The second-order valence-corrected chi connectivity index (χ2v) is 9.87. The third-order valence-corrected chi connectivity index (χ3v) is 10.5. The minimum atomic E-state index is -0.249. The molecule has 1 atom stereocenters. The number of hydrogen-bond donors (Lipinski definition) is 0. The van der Waals surface area contributed by atoms with Gasteiger partial charge < -0.3 is 0 Å². The molecule has 2 rings (SSSR count). The van der Waals surface area contributed by atoms with E-state index in [-0.39, 0.29) is 19.8 Å². The third-order valence-electron chi connectivity index (χ3n) is 2.47. The summed E-state index contributed by atoms with van der Waals surface area (Å²) in [5.74, 6) is 0. The van der Waals surface area contributed by atoms with Gasteiger partial charge in [0.2, 0.25) is 0 Å². The van der Waals surface area contributed by atoms with Crippen LogP contribution >= 0.6 is 19.8 Å². The van der Waals surface area contributed by atoms with Crippen LogP contribution in [0.25, 0.3) is 0 Å². The molecule has 0 aromatic heterocycles. The van der Waals surface area contributed by atoms with Gasteiger partial charge >= 0.3 is 64.7 Å². The Labute approximate surface area is 64.8 Å². The first-order valence-electron chi connectivity index (χ1n) is 4.07. The third kappa shape index (κ3) is 1.26. The van der Waals surface area contributed by atoms with Gasteiger partial charge in [0.15, 0.2) is 0 Å². The van der Waals surface area contributed by atoms with Crippen LogP contribution in [0.5, 0.6) is 0 Å². The van der Waals surface area contributed by atoms with Gasteiger partial charge in [-0.2, -0.15) is 0 Å². The van der Waals surface area contributed by atoms with Gasteiger partial charge in [-0.3, -0.25) is 0 Å². The van der Waals surface area contributed by atoms with Crippen LogP contribution in [0.15, 0.2) is 0 Å². The van der Waals surface area contributed by atoms with Crippen LogP contribution in [0.1, 0.15) is 32.1 Å². The van der Waals surface area contributed by atoms with E-state index in [2.05, 4.69) is 0 Å². The molecule has 0 aromatic carbocycles. The average Bonchev–Trinajstić information content (AvgIpc) is 2.33. The Morgan fingerprint density at radius 2 is 1.67 bits per heavy atom. The van der Waals surface area contributed by atoms with Gasteiger partial charge in [0.25, 0.3) is 0 Å². The normalized spacial score (nSPS) is 38.7. The number of hydrogen-bond acceptors (Lipinski definition) is 0. The van der Waals surface area contributed by atoms with Crippen LogP contribution in [-0.4, -0.2) is 12.8 Å². The molecule has 54 valence electrons. The Morgan fingerprint density at radius 1 is 0.889 bits per heavy atom. The maximum absolute atomic E-state index is 1.72. The Kier molecular flexibility index (Phi) is 1.98. The summed E-state index contributed by atoms with van der Waals surface area (Å²) in [5, 5.41) is 0. The van der Waals surface area contributed by atoms with Gasteiger partial charge in [-0.25, -0.2) is 0 Å². The standard InChI is InChI=1S/C8H15I/c1-2-6-9-7-3-5-8(9)4-1/h8H,1-7H2.